The summed E-state index contributed by atoms with van der Waals surface area (Å²) in [5, 5.41) is 3.06. The van der Waals surface area contributed by atoms with E-state index < -0.39 is 58.4 Å². The van der Waals surface area contributed by atoms with E-state index in [9.17, 15) is 24.0 Å². The van der Waals surface area contributed by atoms with Crippen molar-refractivity contribution in [3.05, 3.63) is 90.5 Å². The highest BCUT2D eigenvalue weighted by atomic mass is 16.6. The lowest BCUT2D eigenvalue weighted by Crippen LogP contribution is -2.68. The molecule has 0 radical (unpaired) electrons. The highest BCUT2D eigenvalue weighted by Crippen LogP contribution is 2.59. The first kappa shape index (κ1) is 27.8. The number of Topliss-reactive ketones (excluding diaryl/α,β-unsaturated/α-hetero) is 2. The highest BCUT2D eigenvalue weighted by Gasteiger charge is 2.78. The van der Waals surface area contributed by atoms with Crippen LogP contribution >= 0.6 is 0 Å². The number of ketones is 2. The minimum atomic E-state index is -2.24. The average Bonchev–Trinajstić information content (AvgIpc) is 3.34. The Labute approximate surface area is 237 Å². The number of imide groups is 1. The molecule has 210 valence electrons. The van der Waals surface area contributed by atoms with Gasteiger partial charge in [-0.2, -0.15) is 0 Å². The second kappa shape index (κ2) is 9.99. The first-order valence-electron chi connectivity index (χ1n) is 13.2. The lowest BCUT2D eigenvalue weighted by atomic mass is 9.61. The van der Waals surface area contributed by atoms with Crippen molar-refractivity contribution in [1.82, 2.24) is 0 Å². The summed E-state index contributed by atoms with van der Waals surface area (Å²) in [5.74, 6) is -4.40. The average molecular weight is 555 g/mol. The minimum absolute atomic E-state index is 0.124. The number of anilines is 2. The summed E-state index contributed by atoms with van der Waals surface area (Å²) in [6, 6.07) is 23.1. The summed E-state index contributed by atoms with van der Waals surface area (Å²) < 4.78 is 11.3. The number of nitrogens with zero attached hydrogens (tertiary/aromatic N) is 1. The molecule has 0 unspecified atom stereocenters. The number of carbonyl (C=O) groups excluding carboxylic acids is 5. The molecule has 0 bridgehead atoms. The number of amides is 2. The van der Waals surface area contributed by atoms with E-state index in [4.69, 9.17) is 9.47 Å². The quantitative estimate of drug-likeness (QED) is 0.270. The van der Waals surface area contributed by atoms with Crippen LogP contribution in [0.1, 0.15) is 39.7 Å². The maximum absolute atomic E-state index is 14.8. The first-order valence-corrected chi connectivity index (χ1v) is 13.2. The first-order chi connectivity index (χ1) is 19.4. The van der Waals surface area contributed by atoms with Gasteiger partial charge in [-0.3, -0.25) is 19.2 Å². The number of nitrogens with one attached hydrogen (secondary N) is 1. The van der Waals surface area contributed by atoms with Crippen LogP contribution in [0.15, 0.2) is 84.9 Å². The molecular formula is C32H30N2O7. The van der Waals surface area contributed by atoms with E-state index in [0.717, 1.165) is 4.90 Å². The third kappa shape index (κ3) is 4.28. The molecule has 1 heterocycles. The summed E-state index contributed by atoms with van der Waals surface area (Å²) in [7, 11) is 0. The molecule has 1 aliphatic carbocycles. The van der Waals surface area contributed by atoms with E-state index in [2.05, 4.69) is 5.32 Å². The number of esters is 1. The number of benzene rings is 3. The van der Waals surface area contributed by atoms with Crippen LogP contribution in [0.3, 0.4) is 0 Å². The second-order valence-electron chi connectivity index (χ2n) is 11.2. The van der Waals surface area contributed by atoms with Crippen LogP contribution in [0.25, 0.3) is 0 Å². The molecule has 0 aromatic heterocycles. The molecule has 41 heavy (non-hydrogen) atoms. The predicted molar refractivity (Wildman–Crippen MR) is 151 cm³/mol. The molecule has 1 N–H and O–H groups in total. The molecule has 3 aromatic carbocycles. The Balaban J connectivity index is 1.78. The van der Waals surface area contributed by atoms with Gasteiger partial charge < -0.3 is 14.8 Å². The van der Waals surface area contributed by atoms with Gasteiger partial charge in [0, 0.05) is 12.1 Å². The summed E-state index contributed by atoms with van der Waals surface area (Å²) >= 11 is 0. The van der Waals surface area contributed by atoms with Gasteiger partial charge in [-0.15, -0.1) is 0 Å². The molecule has 9 nitrogen and oxygen atoms in total. The Hall–Kier alpha value is -4.79. The van der Waals surface area contributed by atoms with Gasteiger partial charge in [-0.1, -0.05) is 54.6 Å². The zero-order chi connectivity index (χ0) is 29.6. The third-order valence-corrected chi connectivity index (χ3v) is 7.49. The molecule has 9 heteroatoms. The molecular weight excluding hydrogens is 524 g/mol. The van der Waals surface area contributed by atoms with E-state index in [1.807, 2.05) is 0 Å². The maximum atomic E-state index is 14.8. The summed E-state index contributed by atoms with van der Waals surface area (Å²) in [5.41, 5.74) is -4.67. The number of carbonyl (C=O) groups is 5. The number of hydrogen-bond acceptors (Lipinski definition) is 8. The van der Waals surface area contributed by atoms with Crippen molar-refractivity contribution in [2.45, 2.75) is 50.7 Å². The topological polar surface area (TPSA) is 119 Å². The van der Waals surface area contributed by atoms with E-state index in [0.29, 0.717) is 5.69 Å². The molecule has 5 rings (SSSR count). The monoisotopic (exact) mass is 554 g/mol. The summed E-state index contributed by atoms with van der Waals surface area (Å²) in [6.45, 7) is 6.17. The zero-order valence-corrected chi connectivity index (χ0v) is 23.2. The van der Waals surface area contributed by atoms with Gasteiger partial charge in [-0.25, -0.2) is 9.69 Å². The van der Waals surface area contributed by atoms with E-state index in [-0.39, 0.29) is 17.0 Å². The molecule has 1 aliphatic heterocycles. The van der Waals surface area contributed by atoms with Gasteiger partial charge in [0.25, 0.3) is 5.91 Å². The van der Waals surface area contributed by atoms with Crippen molar-refractivity contribution < 1.29 is 33.4 Å². The molecule has 2 aliphatic rings. The normalized spacial score (nSPS) is 23.3. The van der Waals surface area contributed by atoms with Crippen molar-refractivity contribution >= 4 is 40.9 Å². The largest absolute Gasteiger partial charge is 0.443 e. The van der Waals surface area contributed by atoms with Crippen molar-refractivity contribution in [2.75, 3.05) is 10.2 Å². The van der Waals surface area contributed by atoms with Crippen LogP contribution in [0.4, 0.5) is 16.2 Å². The van der Waals surface area contributed by atoms with Crippen LogP contribution in [0.5, 0.6) is 5.75 Å². The Bertz CT molecular complexity index is 1550. The van der Waals surface area contributed by atoms with Crippen molar-refractivity contribution in [3.8, 4) is 5.75 Å². The van der Waals surface area contributed by atoms with Gasteiger partial charge in [-0.05, 0) is 63.6 Å². The van der Waals surface area contributed by atoms with Gasteiger partial charge in [0.1, 0.15) is 16.8 Å². The Morgan fingerprint density at radius 1 is 0.878 bits per heavy atom. The fourth-order valence-corrected chi connectivity index (χ4v) is 5.97. The highest BCUT2D eigenvalue weighted by molar-refractivity contribution is 6.32. The summed E-state index contributed by atoms with van der Waals surface area (Å²) in [6.07, 6.45) is -1.47. The lowest BCUT2D eigenvalue weighted by molar-refractivity contribution is -0.146. The zero-order valence-electron chi connectivity index (χ0n) is 23.2. The number of para-hydroxylation sites is 3. The standard InChI is InChI=1S/C32H30N2O7/c1-20(35)32(33-21-13-7-5-8-14-21)26(36)19-24(27(37)40-22-15-9-6-10-16-22)31(32)23-17-11-12-18-25(23)34(28(31)38)29(39)41-30(2,3)4/h5-18,24,33H,19H2,1-4H3/t24-,31+,32+/m0/s1. The van der Waals surface area contributed by atoms with Gasteiger partial charge in [0.05, 0.1) is 11.6 Å². The number of ether oxygens (including phenoxy) is 2. The predicted octanol–water partition coefficient (Wildman–Crippen LogP) is 4.84. The van der Waals surface area contributed by atoms with Crippen LogP contribution in [0.2, 0.25) is 0 Å². The van der Waals surface area contributed by atoms with E-state index in [1.54, 1.807) is 99.6 Å². The number of rotatable bonds is 5. The number of fused-ring (bicyclic) bond motifs is 2. The van der Waals surface area contributed by atoms with Crippen molar-refractivity contribution in [2.24, 2.45) is 5.92 Å². The van der Waals surface area contributed by atoms with E-state index >= 15 is 0 Å². The second-order valence-corrected chi connectivity index (χ2v) is 11.2. The van der Waals surface area contributed by atoms with Gasteiger partial charge in [0.2, 0.25) is 0 Å². The van der Waals surface area contributed by atoms with Crippen LogP contribution in [-0.4, -0.2) is 40.7 Å². The van der Waals surface area contributed by atoms with Crippen LogP contribution in [0, 0.1) is 5.92 Å². The smallest absolute Gasteiger partial charge is 0.421 e. The SMILES string of the molecule is CC(=O)[C@@]1(Nc2ccccc2)C(=O)C[C@@H](C(=O)Oc2ccccc2)[C@]12C(=O)N(C(=O)OC(C)(C)C)c1ccccc12. The molecule has 3 atom stereocenters. The number of hydrogen-bond donors (Lipinski definition) is 1. The molecule has 1 spiro atoms. The molecule has 1 saturated carbocycles. The Morgan fingerprint density at radius 2 is 1.46 bits per heavy atom. The van der Waals surface area contributed by atoms with Crippen LogP contribution in [-0.2, 0) is 29.3 Å². The molecule has 0 saturated heterocycles. The third-order valence-electron chi connectivity index (χ3n) is 7.49. The van der Waals surface area contributed by atoms with Crippen molar-refractivity contribution in [3.63, 3.8) is 0 Å². The molecule has 3 aromatic rings. The fraction of sp³-hybridized carbons (Fsp3) is 0.281. The Kier molecular flexibility index (Phi) is 6.77. The van der Waals surface area contributed by atoms with E-state index in [1.165, 1.54) is 13.0 Å². The fourth-order valence-electron chi connectivity index (χ4n) is 5.97. The Morgan fingerprint density at radius 3 is 2.07 bits per heavy atom. The van der Waals surface area contributed by atoms with Gasteiger partial charge in [0.15, 0.2) is 17.1 Å². The molecule has 2 amide bonds. The van der Waals surface area contributed by atoms with Gasteiger partial charge >= 0.3 is 12.1 Å². The maximum Gasteiger partial charge on any atom is 0.421 e. The lowest BCUT2D eigenvalue weighted by Gasteiger charge is -2.42. The van der Waals surface area contributed by atoms with Crippen LogP contribution < -0.4 is 15.0 Å². The summed E-state index contributed by atoms with van der Waals surface area (Å²) in [4.78, 5) is 71.1. The minimum Gasteiger partial charge on any atom is -0.443 e. The molecule has 1 fully saturated rings. The van der Waals surface area contributed by atoms with Crippen molar-refractivity contribution in [1.29, 1.82) is 0 Å².